The van der Waals surface area contributed by atoms with E-state index >= 15 is 0 Å². The second-order valence-electron chi connectivity index (χ2n) is 5.92. The van der Waals surface area contributed by atoms with Gasteiger partial charge < -0.3 is 15.5 Å². The van der Waals surface area contributed by atoms with Gasteiger partial charge in [-0.25, -0.2) is 13.4 Å². The molecule has 0 spiro atoms. The minimum absolute atomic E-state index is 0.0449. The highest BCUT2D eigenvalue weighted by Crippen LogP contribution is 2.14. The quantitative estimate of drug-likeness (QED) is 0.450. The van der Waals surface area contributed by atoms with Gasteiger partial charge in [0.25, 0.3) is 0 Å². The minimum Gasteiger partial charge on any atom is -0.363 e. The van der Waals surface area contributed by atoms with E-state index in [-0.39, 0.29) is 5.75 Å². The van der Waals surface area contributed by atoms with Crippen LogP contribution in [0, 0.1) is 0 Å². The van der Waals surface area contributed by atoms with Crippen LogP contribution < -0.4 is 15.5 Å². The van der Waals surface area contributed by atoms with E-state index in [2.05, 4.69) is 26.8 Å². The molecule has 10 heteroatoms. The molecule has 2 rings (SSSR count). The molecule has 1 aromatic heterocycles. The predicted octanol–water partition coefficient (Wildman–Crippen LogP) is 0.751. The summed E-state index contributed by atoms with van der Waals surface area (Å²) in [7, 11) is -3.28. The van der Waals surface area contributed by atoms with Gasteiger partial charge in [0.15, 0.2) is 5.11 Å². The van der Waals surface area contributed by atoms with Crippen LogP contribution in [0.3, 0.4) is 0 Å². The van der Waals surface area contributed by atoms with Crippen molar-refractivity contribution < 1.29 is 8.42 Å². The molecule has 0 aliphatic carbocycles. The van der Waals surface area contributed by atoms with E-state index in [1.165, 1.54) is 0 Å². The van der Waals surface area contributed by atoms with Gasteiger partial charge in [-0.2, -0.15) is 16.1 Å². The van der Waals surface area contributed by atoms with Crippen LogP contribution in [-0.4, -0.2) is 79.8 Å². The first kappa shape index (κ1) is 21.2. The predicted molar refractivity (Wildman–Crippen MR) is 113 cm³/mol. The topological polar surface area (TPSA) is 77.6 Å². The molecule has 0 saturated carbocycles. The van der Waals surface area contributed by atoms with E-state index in [4.69, 9.17) is 12.2 Å². The Bertz CT molecular complexity index is 649. The summed E-state index contributed by atoms with van der Waals surface area (Å²) in [5.74, 6) is 2.02. The SMILES string of the molecule is CSCCCNC(=S)NCCS(=O)(=O)N1CCN(c2ccccn2)CC1. The number of thioether (sulfide) groups is 1. The van der Waals surface area contributed by atoms with Crippen molar-refractivity contribution in [2.24, 2.45) is 0 Å². The highest BCUT2D eigenvalue weighted by atomic mass is 32.2. The molecule has 1 saturated heterocycles. The minimum atomic E-state index is -3.28. The Morgan fingerprint density at radius 2 is 1.96 bits per heavy atom. The number of nitrogens with one attached hydrogen (secondary N) is 2. The van der Waals surface area contributed by atoms with Crippen molar-refractivity contribution in [1.29, 1.82) is 0 Å². The summed E-state index contributed by atoms with van der Waals surface area (Å²) in [6.07, 6.45) is 4.85. The summed E-state index contributed by atoms with van der Waals surface area (Å²) in [5.41, 5.74) is 0. The molecule has 0 unspecified atom stereocenters. The maximum Gasteiger partial charge on any atom is 0.215 e. The summed E-state index contributed by atoms with van der Waals surface area (Å²) in [5, 5.41) is 6.58. The third-order valence-electron chi connectivity index (χ3n) is 4.06. The molecule has 7 nitrogen and oxygen atoms in total. The summed E-state index contributed by atoms with van der Waals surface area (Å²) in [6.45, 7) is 3.39. The fourth-order valence-electron chi connectivity index (χ4n) is 2.64. The number of sulfonamides is 1. The lowest BCUT2D eigenvalue weighted by Crippen LogP contribution is -2.50. The Morgan fingerprint density at radius 1 is 1.23 bits per heavy atom. The van der Waals surface area contributed by atoms with Crippen molar-refractivity contribution in [1.82, 2.24) is 19.9 Å². The molecule has 0 aromatic carbocycles. The lowest BCUT2D eigenvalue weighted by atomic mass is 10.3. The van der Waals surface area contributed by atoms with Gasteiger partial charge in [-0.05, 0) is 42.8 Å². The molecule has 0 radical (unpaired) electrons. The Hall–Kier alpha value is -1.10. The molecule has 26 heavy (non-hydrogen) atoms. The monoisotopic (exact) mass is 417 g/mol. The molecule has 146 valence electrons. The average Bonchev–Trinajstić information content (AvgIpc) is 2.66. The lowest BCUT2D eigenvalue weighted by molar-refractivity contribution is 0.384. The number of pyridine rings is 1. The molecule has 1 aliphatic heterocycles. The summed E-state index contributed by atoms with van der Waals surface area (Å²) >= 11 is 6.96. The maximum absolute atomic E-state index is 12.5. The van der Waals surface area contributed by atoms with Gasteiger partial charge in [0.1, 0.15) is 5.82 Å². The third-order valence-corrected chi connectivity index (χ3v) is 6.92. The molecule has 2 N–H and O–H groups in total. The van der Waals surface area contributed by atoms with E-state index in [0.717, 1.165) is 24.5 Å². The van der Waals surface area contributed by atoms with Crippen LogP contribution >= 0.6 is 24.0 Å². The largest absolute Gasteiger partial charge is 0.363 e. The van der Waals surface area contributed by atoms with Crippen LogP contribution in [0.5, 0.6) is 0 Å². The zero-order valence-electron chi connectivity index (χ0n) is 15.1. The van der Waals surface area contributed by atoms with Crippen LogP contribution in [0.15, 0.2) is 24.4 Å². The zero-order valence-corrected chi connectivity index (χ0v) is 17.5. The Labute approximate surface area is 166 Å². The first-order chi connectivity index (χ1) is 12.5. The molecule has 1 aromatic rings. The van der Waals surface area contributed by atoms with Crippen LogP contribution in [-0.2, 0) is 10.0 Å². The van der Waals surface area contributed by atoms with Gasteiger partial charge in [0, 0.05) is 45.5 Å². The zero-order chi connectivity index (χ0) is 18.8. The first-order valence-electron chi connectivity index (χ1n) is 8.67. The number of thiocarbonyl (C=S) groups is 1. The Balaban J connectivity index is 1.69. The first-order valence-corrected chi connectivity index (χ1v) is 12.1. The highest BCUT2D eigenvalue weighted by molar-refractivity contribution is 7.98. The van der Waals surface area contributed by atoms with Gasteiger partial charge in [-0.15, -0.1) is 0 Å². The van der Waals surface area contributed by atoms with E-state index in [1.54, 1.807) is 22.3 Å². The van der Waals surface area contributed by atoms with Crippen molar-refractivity contribution in [3.05, 3.63) is 24.4 Å². The molecular weight excluding hydrogens is 390 g/mol. The fourth-order valence-corrected chi connectivity index (χ4v) is 4.61. The van der Waals surface area contributed by atoms with Crippen LogP contribution in [0.25, 0.3) is 0 Å². The maximum atomic E-state index is 12.5. The number of anilines is 1. The molecule has 2 heterocycles. The van der Waals surface area contributed by atoms with E-state index in [9.17, 15) is 8.42 Å². The second-order valence-corrected chi connectivity index (χ2v) is 9.40. The third kappa shape index (κ3) is 6.90. The molecule has 0 atom stereocenters. The number of hydrogen-bond donors (Lipinski definition) is 2. The van der Waals surface area contributed by atoms with Crippen molar-refractivity contribution in [3.8, 4) is 0 Å². The Kier molecular flexibility index (Phi) is 8.89. The molecule has 0 amide bonds. The van der Waals surface area contributed by atoms with Gasteiger partial charge in [0.2, 0.25) is 10.0 Å². The lowest BCUT2D eigenvalue weighted by Gasteiger charge is -2.34. The van der Waals surface area contributed by atoms with E-state index in [0.29, 0.717) is 37.8 Å². The van der Waals surface area contributed by atoms with E-state index in [1.807, 2.05) is 18.2 Å². The average molecular weight is 418 g/mol. The summed E-state index contributed by atoms with van der Waals surface area (Å²) in [4.78, 5) is 6.43. The van der Waals surface area contributed by atoms with Gasteiger partial charge >= 0.3 is 0 Å². The number of rotatable bonds is 9. The van der Waals surface area contributed by atoms with Crippen molar-refractivity contribution >= 4 is 44.9 Å². The van der Waals surface area contributed by atoms with Crippen molar-refractivity contribution in [2.75, 3.05) is 61.9 Å². The van der Waals surface area contributed by atoms with Gasteiger partial charge in [0.05, 0.1) is 5.75 Å². The van der Waals surface area contributed by atoms with Gasteiger partial charge in [-0.3, -0.25) is 0 Å². The van der Waals surface area contributed by atoms with E-state index < -0.39 is 10.0 Å². The van der Waals surface area contributed by atoms with Crippen LogP contribution in [0.2, 0.25) is 0 Å². The van der Waals surface area contributed by atoms with Crippen molar-refractivity contribution in [2.45, 2.75) is 6.42 Å². The summed E-state index contributed by atoms with van der Waals surface area (Å²) in [6, 6.07) is 5.76. The number of hydrogen-bond acceptors (Lipinski definition) is 6. The van der Waals surface area contributed by atoms with Crippen molar-refractivity contribution in [3.63, 3.8) is 0 Å². The standard InChI is InChI=1S/C16H27N5O2S3/c1-25-13-4-7-18-16(24)19-8-14-26(22,23)21-11-9-20(10-12-21)15-5-2-3-6-17-15/h2-3,5-6H,4,7-14H2,1H3,(H2,18,19,24). The normalized spacial score (nSPS) is 15.7. The Morgan fingerprint density at radius 3 is 2.62 bits per heavy atom. The number of aromatic nitrogens is 1. The van der Waals surface area contributed by atoms with Crippen LogP contribution in [0.4, 0.5) is 5.82 Å². The smallest absolute Gasteiger partial charge is 0.215 e. The van der Waals surface area contributed by atoms with Gasteiger partial charge in [-0.1, -0.05) is 6.07 Å². The molecule has 1 aliphatic rings. The highest BCUT2D eigenvalue weighted by Gasteiger charge is 2.27. The molecular formula is C16H27N5O2S3. The number of nitrogens with zero attached hydrogens (tertiary/aromatic N) is 3. The fraction of sp³-hybridized carbons (Fsp3) is 0.625. The van der Waals surface area contributed by atoms with Crippen LogP contribution in [0.1, 0.15) is 6.42 Å². The summed E-state index contributed by atoms with van der Waals surface area (Å²) < 4.78 is 26.5. The number of piperazine rings is 1. The molecule has 0 bridgehead atoms. The molecule has 1 fully saturated rings. The second kappa shape index (κ2) is 10.9.